The topological polar surface area (TPSA) is 57.6 Å². The molecule has 2 unspecified atom stereocenters. The van der Waals surface area contributed by atoms with Gasteiger partial charge in [0.2, 0.25) is 5.91 Å². The number of rotatable bonds is 5. The third-order valence-electron chi connectivity index (χ3n) is 2.38. The highest BCUT2D eigenvalue weighted by molar-refractivity contribution is 5.79. The molecule has 1 amide bonds. The van der Waals surface area contributed by atoms with Gasteiger partial charge in [0.15, 0.2) is 0 Å². The van der Waals surface area contributed by atoms with E-state index in [1.165, 1.54) is 4.90 Å². The monoisotopic (exact) mass is 201 g/mol. The number of carboxylic acid groups (broad SMARTS) is 1. The molecule has 0 saturated heterocycles. The maximum absolute atomic E-state index is 11.6. The first-order valence-corrected chi connectivity index (χ1v) is 4.87. The third kappa shape index (κ3) is 3.77. The van der Waals surface area contributed by atoms with Crippen molar-refractivity contribution in [3.8, 4) is 0 Å². The van der Waals surface area contributed by atoms with E-state index in [-0.39, 0.29) is 18.4 Å². The number of hydrogen-bond acceptors (Lipinski definition) is 2. The van der Waals surface area contributed by atoms with E-state index in [2.05, 4.69) is 0 Å². The van der Waals surface area contributed by atoms with Gasteiger partial charge in [0.25, 0.3) is 0 Å². The summed E-state index contributed by atoms with van der Waals surface area (Å²) in [4.78, 5) is 23.6. The van der Waals surface area contributed by atoms with Crippen LogP contribution in [0.15, 0.2) is 0 Å². The summed E-state index contributed by atoms with van der Waals surface area (Å²) in [6.45, 7) is 5.67. The molecular weight excluding hydrogens is 182 g/mol. The Kier molecular flexibility index (Phi) is 5.20. The number of carboxylic acids is 1. The maximum Gasteiger partial charge on any atom is 0.308 e. The quantitative estimate of drug-likeness (QED) is 0.727. The van der Waals surface area contributed by atoms with Crippen molar-refractivity contribution in [1.82, 2.24) is 4.90 Å². The summed E-state index contributed by atoms with van der Waals surface area (Å²) in [5.74, 6) is -1.39. The second kappa shape index (κ2) is 5.62. The van der Waals surface area contributed by atoms with Crippen molar-refractivity contribution in [2.75, 3.05) is 13.6 Å². The first-order valence-electron chi connectivity index (χ1n) is 4.87. The van der Waals surface area contributed by atoms with Gasteiger partial charge in [-0.05, 0) is 6.42 Å². The number of hydrogen-bond donors (Lipinski definition) is 1. The lowest BCUT2D eigenvalue weighted by Gasteiger charge is -2.22. The Morgan fingerprint density at radius 2 is 1.79 bits per heavy atom. The molecule has 0 aliphatic carbocycles. The van der Waals surface area contributed by atoms with Gasteiger partial charge < -0.3 is 10.0 Å². The van der Waals surface area contributed by atoms with Crippen LogP contribution in [0.2, 0.25) is 0 Å². The molecule has 0 aliphatic rings. The summed E-state index contributed by atoms with van der Waals surface area (Å²) in [5.41, 5.74) is 0. The van der Waals surface area contributed by atoms with E-state index in [0.29, 0.717) is 0 Å². The van der Waals surface area contributed by atoms with E-state index in [9.17, 15) is 9.59 Å². The minimum atomic E-state index is -0.867. The van der Waals surface area contributed by atoms with Gasteiger partial charge in [-0.2, -0.15) is 0 Å². The average Bonchev–Trinajstić information content (AvgIpc) is 2.14. The molecule has 0 aromatic carbocycles. The van der Waals surface area contributed by atoms with Gasteiger partial charge in [-0.1, -0.05) is 20.8 Å². The normalized spacial score (nSPS) is 14.6. The zero-order valence-electron chi connectivity index (χ0n) is 9.28. The molecule has 0 spiro atoms. The molecule has 1 N–H and O–H groups in total. The largest absolute Gasteiger partial charge is 0.481 e. The van der Waals surface area contributed by atoms with Crippen molar-refractivity contribution < 1.29 is 14.7 Å². The molecule has 0 aliphatic heterocycles. The number of amides is 1. The Morgan fingerprint density at radius 1 is 1.29 bits per heavy atom. The Morgan fingerprint density at radius 3 is 2.14 bits per heavy atom. The molecule has 0 bridgehead atoms. The molecule has 2 atom stereocenters. The zero-order chi connectivity index (χ0) is 11.3. The number of nitrogens with zero attached hydrogens (tertiary/aromatic N) is 1. The molecule has 0 fully saturated rings. The molecule has 0 heterocycles. The highest BCUT2D eigenvalue weighted by Gasteiger charge is 2.20. The highest BCUT2D eigenvalue weighted by Crippen LogP contribution is 2.07. The van der Waals surface area contributed by atoms with Gasteiger partial charge in [-0.3, -0.25) is 9.59 Å². The Labute approximate surface area is 84.9 Å². The molecule has 14 heavy (non-hydrogen) atoms. The third-order valence-corrected chi connectivity index (χ3v) is 2.38. The molecular formula is C10H19NO3. The molecule has 0 saturated carbocycles. The van der Waals surface area contributed by atoms with Gasteiger partial charge in [0.05, 0.1) is 5.92 Å². The van der Waals surface area contributed by atoms with Gasteiger partial charge in [0.1, 0.15) is 0 Å². The standard InChI is InChI=1S/C10H19NO3/c1-5-7(2)9(12)11(4)6-8(3)10(13)14/h7-8H,5-6H2,1-4H3,(H,13,14). The first-order chi connectivity index (χ1) is 6.40. The van der Waals surface area contributed by atoms with Gasteiger partial charge >= 0.3 is 5.97 Å². The van der Waals surface area contributed by atoms with E-state index in [0.717, 1.165) is 6.42 Å². The molecule has 0 aromatic rings. The van der Waals surface area contributed by atoms with Gasteiger partial charge in [0, 0.05) is 19.5 Å². The summed E-state index contributed by atoms with van der Waals surface area (Å²) < 4.78 is 0. The van der Waals surface area contributed by atoms with E-state index in [4.69, 9.17) is 5.11 Å². The smallest absolute Gasteiger partial charge is 0.308 e. The van der Waals surface area contributed by atoms with Crippen LogP contribution in [0, 0.1) is 11.8 Å². The maximum atomic E-state index is 11.6. The van der Waals surface area contributed by atoms with Gasteiger partial charge in [-0.25, -0.2) is 0 Å². The minimum Gasteiger partial charge on any atom is -0.481 e. The summed E-state index contributed by atoms with van der Waals surface area (Å²) in [7, 11) is 1.65. The van der Waals surface area contributed by atoms with Crippen LogP contribution >= 0.6 is 0 Å². The summed E-state index contributed by atoms with van der Waals surface area (Å²) >= 11 is 0. The lowest BCUT2D eigenvalue weighted by molar-refractivity contribution is -0.143. The van der Waals surface area contributed by atoms with Crippen molar-refractivity contribution in [3.63, 3.8) is 0 Å². The van der Waals surface area contributed by atoms with Crippen molar-refractivity contribution in [3.05, 3.63) is 0 Å². The van der Waals surface area contributed by atoms with Crippen molar-refractivity contribution in [2.45, 2.75) is 27.2 Å². The summed E-state index contributed by atoms with van der Waals surface area (Å²) in [6, 6.07) is 0. The van der Waals surface area contributed by atoms with E-state index < -0.39 is 11.9 Å². The predicted octanol–water partition coefficient (Wildman–Crippen LogP) is 1.21. The fourth-order valence-corrected chi connectivity index (χ4v) is 1.13. The van der Waals surface area contributed by atoms with E-state index >= 15 is 0 Å². The van der Waals surface area contributed by atoms with Crippen molar-refractivity contribution in [2.24, 2.45) is 11.8 Å². The Hall–Kier alpha value is -1.06. The van der Waals surface area contributed by atoms with Crippen LogP contribution in [0.5, 0.6) is 0 Å². The second-order valence-corrected chi connectivity index (χ2v) is 3.77. The Bertz CT molecular complexity index is 215. The molecule has 0 rings (SSSR count). The lowest BCUT2D eigenvalue weighted by atomic mass is 10.1. The van der Waals surface area contributed by atoms with E-state index in [1.54, 1.807) is 14.0 Å². The van der Waals surface area contributed by atoms with Crippen LogP contribution in [-0.2, 0) is 9.59 Å². The Balaban J connectivity index is 4.14. The number of carbonyl (C=O) groups is 2. The van der Waals surface area contributed by atoms with Crippen LogP contribution in [0.3, 0.4) is 0 Å². The molecule has 82 valence electrons. The second-order valence-electron chi connectivity index (χ2n) is 3.77. The van der Waals surface area contributed by atoms with Crippen molar-refractivity contribution in [1.29, 1.82) is 0 Å². The zero-order valence-corrected chi connectivity index (χ0v) is 9.28. The van der Waals surface area contributed by atoms with E-state index in [1.807, 2.05) is 13.8 Å². The minimum absolute atomic E-state index is 0.0144. The van der Waals surface area contributed by atoms with Crippen LogP contribution in [0.1, 0.15) is 27.2 Å². The van der Waals surface area contributed by atoms with Crippen LogP contribution < -0.4 is 0 Å². The molecule has 0 radical (unpaired) electrons. The van der Waals surface area contributed by atoms with Gasteiger partial charge in [-0.15, -0.1) is 0 Å². The molecule has 0 aromatic heterocycles. The highest BCUT2D eigenvalue weighted by atomic mass is 16.4. The number of carbonyl (C=O) groups excluding carboxylic acids is 1. The van der Waals surface area contributed by atoms with Crippen LogP contribution in [-0.4, -0.2) is 35.5 Å². The number of aliphatic carboxylic acids is 1. The average molecular weight is 201 g/mol. The summed E-state index contributed by atoms with van der Waals surface area (Å²) in [5, 5.41) is 8.67. The van der Waals surface area contributed by atoms with Crippen molar-refractivity contribution >= 4 is 11.9 Å². The molecule has 4 heteroatoms. The van der Waals surface area contributed by atoms with Crippen LogP contribution in [0.25, 0.3) is 0 Å². The van der Waals surface area contributed by atoms with Crippen LogP contribution in [0.4, 0.5) is 0 Å². The summed E-state index contributed by atoms with van der Waals surface area (Å²) in [6.07, 6.45) is 0.782. The predicted molar refractivity (Wildman–Crippen MR) is 53.9 cm³/mol. The SMILES string of the molecule is CCC(C)C(=O)N(C)CC(C)C(=O)O. The fourth-order valence-electron chi connectivity index (χ4n) is 1.13. The lowest BCUT2D eigenvalue weighted by Crippen LogP contribution is -2.36. The molecule has 4 nitrogen and oxygen atoms in total. The first kappa shape index (κ1) is 12.9. The fraction of sp³-hybridized carbons (Fsp3) is 0.800.